The predicted molar refractivity (Wildman–Crippen MR) is 112 cm³/mol. The summed E-state index contributed by atoms with van der Waals surface area (Å²) in [4.78, 5) is 13.0. The number of hydrogen-bond donors (Lipinski definition) is 1. The highest BCUT2D eigenvalue weighted by Gasteiger charge is 2.23. The van der Waals surface area contributed by atoms with E-state index in [4.69, 9.17) is 0 Å². The minimum Gasteiger partial charge on any atom is -0.349 e. The number of benzene rings is 2. The van der Waals surface area contributed by atoms with Gasteiger partial charge in [0.05, 0.1) is 10.6 Å². The van der Waals surface area contributed by atoms with Crippen LogP contribution in [0, 0.1) is 6.92 Å². The molecule has 28 heavy (non-hydrogen) atoms. The van der Waals surface area contributed by atoms with E-state index >= 15 is 0 Å². The molecule has 2 aromatic carbocycles. The fourth-order valence-corrected chi connectivity index (χ4v) is 4.94. The Morgan fingerprint density at radius 1 is 1.00 bits per heavy atom. The van der Waals surface area contributed by atoms with Gasteiger partial charge in [-0.05, 0) is 49.6 Å². The fraction of sp³-hybridized carbons (Fsp3) is 0.409. The van der Waals surface area contributed by atoms with Gasteiger partial charge in [-0.3, -0.25) is 9.10 Å². The molecule has 0 aromatic heterocycles. The van der Waals surface area contributed by atoms with Crippen LogP contribution in [-0.4, -0.2) is 27.4 Å². The molecule has 0 heterocycles. The third kappa shape index (κ3) is 4.55. The van der Waals surface area contributed by atoms with Gasteiger partial charge in [-0.1, -0.05) is 49.9 Å². The lowest BCUT2D eigenvalue weighted by Crippen LogP contribution is -2.34. The molecule has 0 unspecified atom stereocenters. The second-order valence-electron chi connectivity index (χ2n) is 7.45. The van der Waals surface area contributed by atoms with Crippen LogP contribution in [0.5, 0.6) is 0 Å². The molecule has 0 aliphatic heterocycles. The maximum atomic E-state index is 12.9. The first-order chi connectivity index (χ1) is 13.4. The molecule has 1 amide bonds. The van der Waals surface area contributed by atoms with Crippen LogP contribution in [0.25, 0.3) is 0 Å². The molecule has 0 atom stereocenters. The molecule has 1 aliphatic rings. The number of nitrogens with one attached hydrogen (secondary N) is 1. The Balaban J connectivity index is 1.83. The summed E-state index contributed by atoms with van der Waals surface area (Å²) in [5.41, 5.74) is 1.80. The molecule has 1 aliphatic carbocycles. The van der Waals surface area contributed by atoms with Gasteiger partial charge in [0.25, 0.3) is 15.9 Å². The van der Waals surface area contributed by atoms with Crippen molar-refractivity contribution in [2.45, 2.75) is 56.4 Å². The summed E-state index contributed by atoms with van der Waals surface area (Å²) in [7, 11) is -2.16. The molecule has 3 rings (SSSR count). The Labute approximate surface area is 167 Å². The van der Waals surface area contributed by atoms with Gasteiger partial charge in [-0.2, -0.15) is 0 Å². The number of carbonyl (C=O) groups excluding carboxylic acids is 1. The lowest BCUT2D eigenvalue weighted by Gasteiger charge is -2.22. The summed E-state index contributed by atoms with van der Waals surface area (Å²) in [6.45, 7) is 1.85. The van der Waals surface area contributed by atoms with Crippen molar-refractivity contribution in [3.05, 3.63) is 59.7 Å². The molecule has 0 saturated heterocycles. The molecule has 6 heteroatoms. The summed E-state index contributed by atoms with van der Waals surface area (Å²) in [5.74, 6) is -0.140. The normalized spacial score (nSPS) is 15.6. The van der Waals surface area contributed by atoms with Crippen molar-refractivity contribution in [2.75, 3.05) is 11.4 Å². The van der Waals surface area contributed by atoms with Gasteiger partial charge in [0, 0.05) is 18.7 Å². The maximum Gasteiger partial charge on any atom is 0.264 e. The number of rotatable bonds is 5. The van der Waals surface area contributed by atoms with E-state index in [1.54, 1.807) is 48.5 Å². The van der Waals surface area contributed by atoms with E-state index in [9.17, 15) is 13.2 Å². The standard InChI is InChI=1S/C22H28N2O3S/c1-17-14-15-18(22(25)23-19-10-6-3-4-7-11-19)16-21(17)24(2)28(26,27)20-12-8-5-9-13-20/h5,8-9,12-16,19H,3-4,6-7,10-11H2,1-2H3,(H,23,25). The van der Waals surface area contributed by atoms with Crippen molar-refractivity contribution in [1.29, 1.82) is 0 Å². The van der Waals surface area contributed by atoms with Crippen molar-refractivity contribution in [3.8, 4) is 0 Å². The SMILES string of the molecule is Cc1ccc(C(=O)NC2CCCCCC2)cc1N(C)S(=O)(=O)c1ccccc1. The van der Waals surface area contributed by atoms with E-state index in [-0.39, 0.29) is 16.8 Å². The van der Waals surface area contributed by atoms with Crippen molar-refractivity contribution in [2.24, 2.45) is 0 Å². The molecule has 2 aromatic rings. The highest BCUT2D eigenvalue weighted by Crippen LogP contribution is 2.27. The van der Waals surface area contributed by atoms with Gasteiger partial charge < -0.3 is 5.32 Å². The van der Waals surface area contributed by atoms with Crippen LogP contribution < -0.4 is 9.62 Å². The maximum absolute atomic E-state index is 12.9. The molecule has 0 radical (unpaired) electrons. The first-order valence-electron chi connectivity index (χ1n) is 9.85. The average Bonchev–Trinajstić information content (AvgIpc) is 2.97. The van der Waals surface area contributed by atoms with E-state index < -0.39 is 10.0 Å². The topological polar surface area (TPSA) is 66.5 Å². The molecule has 0 spiro atoms. The van der Waals surface area contributed by atoms with Crippen LogP contribution in [0.15, 0.2) is 53.4 Å². The van der Waals surface area contributed by atoms with Crippen LogP contribution in [0.3, 0.4) is 0 Å². The number of aryl methyl sites for hydroxylation is 1. The smallest absolute Gasteiger partial charge is 0.264 e. The minimum absolute atomic E-state index is 0.140. The largest absolute Gasteiger partial charge is 0.349 e. The highest BCUT2D eigenvalue weighted by atomic mass is 32.2. The lowest BCUT2D eigenvalue weighted by molar-refractivity contribution is 0.0933. The van der Waals surface area contributed by atoms with Crippen molar-refractivity contribution >= 4 is 21.6 Å². The number of sulfonamides is 1. The molecule has 5 nitrogen and oxygen atoms in total. The zero-order chi connectivity index (χ0) is 20.1. The average molecular weight is 401 g/mol. The number of hydrogen-bond acceptors (Lipinski definition) is 3. The van der Waals surface area contributed by atoms with Crippen molar-refractivity contribution < 1.29 is 13.2 Å². The molecule has 1 N–H and O–H groups in total. The van der Waals surface area contributed by atoms with Gasteiger partial charge in [-0.15, -0.1) is 0 Å². The predicted octanol–water partition coefficient (Wildman–Crippen LogP) is 4.27. The van der Waals surface area contributed by atoms with Crippen LogP contribution in [0.2, 0.25) is 0 Å². The Morgan fingerprint density at radius 3 is 2.29 bits per heavy atom. The van der Waals surface area contributed by atoms with E-state index in [1.807, 2.05) is 6.92 Å². The van der Waals surface area contributed by atoms with Crippen LogP contribution >= 0.6 is 0 Å². The second kappa shape index (κ2) is 8.78. The van der Waals surface area contributed by atoms with Gasteiger partial charge in [-0.25, -0.2) is 8.42 Å². The Kier molecular flexibility index (Phi) is 6.39. The number of amides is 1. The summed E-state index contributed by atoms with van der Waals surface area (Å²) < 4.78 is 27.1. The monoisotopic (exact) mass is 400 g/mol. The zero-order valence-electron chi connectivity index (χ0n) is 16.5. The molecule has 0 bridgehead atoms. The summed E-state index contributed by atoms with van der Waals surface area (Å²) in [6.07, 6.45) is 6.75. The minimum atomic E-state index is -3.69. The second-order valence-corrected chi connectivity index (χ2v) is 9.42. The first-order valence-corrected chi connectivity index (χ1v) is 11.3. The Bertz CT molecular complexity index is 918. The lowest BCUT2D eigenvalue weighted by atomic mass is 10.1. The van der Waals surface area contributed by atoms with Gasteiger partial charge in [0.2, 0.25) is 0 Å². The van der Waals surface area contributed by atoms with E-state index in [0.717, 1.165) is 31.2 Å². The number of anilines is 1. The Hall–Kier alpha value is -2.34. The zero-order valence-corrected chi connectivity index (χ0v) is 17.3. The third-order valence-electron chi connectivity index (χ3n) is 5.40. The molecule has 1 saturated carbocycles. The number of nitrogens with zero attached hydrogens (tertiary/aromatic N) is 1. The van der Waals surface area contributed by atoms with E-state index in [0.29, 0.717) is 11.3 Å². The molecule has 150 valence electrons. The highest BCUT2D eigenvalue weighted by molar-refractivity contribution is 7.92. The first kappa shape index (κ1) is 20.4. The summed E-state index contributed by atoms with van der Waals surface area (Å²) >= 11 is 0. The summed E-state index contributed by atoms with van der Waals surface area (Å²) in [5, 5.41) is 3.12. The van der Waals surface area contributed by atoms with Gasteiger partial charge in [0.15, 0.2) is 0 Å². The third-order valence-corrected chi connectivity index (χ3v) is 7.19. The fourth-order valence-electron chi connectivity index (χ4n) is 3.66. The van der Waals surface area contributed by atoms with Gasteiger partial charge in [0.1, 0.15) is 0 Å². The molecular weight excluding hydrogens is 372 g/mol. The van der Waals surface area contributed by atoms with E-state index in [2.05, 4.69) is 5.32 Å². The van der Waals surface area contributed by atoms with Gasteiger partial charge >= 0.3 is 0 Å². The van der Waals surface area contributed by atoms with E-state index in [1.165, 1.54) is 24.2 Å². The molecular formula is C22H28N2O3S. The quantitative estimate of drug-likeness (QED) is 0.762. The van der Waals surface area contributed by atoms with Crippen molar-refractivity contribution in [3.63, 3.8) is 0 Å². The number of carbonyl (C=O) groups is 1. The molecule has 1 fully saturated rings. The van der Waals surface area contributed by atoms with Crippen LogP contribution in [0.1, 0.15) is 54.4 Å². The van der Waals surface area contributed by atoms with Crippen LogP contribution in [-0.2, 0) is 10.0 Å². The Morgan fingerprint density at radius 2 is 1.64 bits per heavy atom. The van der Waals surface area contributed by atoms with Crippen molar-refractivity contribution in [1.82, 2.24) is 5.32 Å². The summed E-state index contributed by atoms with van der Waals surface area (Å²) in [6, 6.07) is 13.7. The van der Waals surface area contributed by atoms with Crippen LogP contribution in [0.4, 0.5) is 5.69 Å².